The van der Waals surface area contributed by atoms with E-state index in [2.05, 4.69) is 6.58 Å². The molecule has 0 aromatic carbocycles. The van der Waals surface area contributed by atoms with Crippen molar-refractivity contribution in [1.82, 2.24) is 0 Å². The van der Waals surface area contributed by atoms with Gasteiger partial charge >= 0.3 is 0 Å². The Morgan fingerprint density at radius 2 is 1.67 bits per heavy atom. The van der Waals surface area contributed by atoms with E-state index in [0.717, 1.165) is 5.20 Å². The normalized spacial score (nSPS) is 13.9. The van der Waals surface area contributed by atoms with E-state index >= 15 is 0 Å². The Morgan fingerprint density at radius 1 is 1.17 bits per heavy atom. The van der Waals surface area contributed by atoms with Gasteiger partial charge in [-0.1, -0.05) is 12.1 Å². The minimum Gasteiger partial charge on any atom is -0.110 e. The summed E-state index contributed by atoms with van der Waals surface area (Å²) in [6.45, 7) is 5.91. The van der Waals surface area contributed by atoms with Crippen LogP contribution < -0.4 is 0 Å². The van der Waals surface area contributed by atoms with Crippen LogP contribution in [0.15, 0.2) is 11.8 Å². The molecule has 0 aromatic heterocycles. The molecule has 0 spiro atoms. The first-order valence-electron chi connectivity index (χ1n) is 3.21. The summed E-state index contributed by atoms with van der Waals surface area (Å²) in [5, 5.41) is 1.04. The molecule has 0 amide bonds. The van der Waals surface area contributed by atoms with Crippen LogP contribution in [0.2, 0.25) is 5.54 Å². The summed E-state index contributed by atoms with van der Waals surface area (Å²) in [6, 6.07) is 0. The van der Waals surface area contributed by atoms with Crippen LogP contribution in [0.5, 0.6) is 0 Å². The summed E-state index contributed by atoms with van der Waals surface area (Å²) in [7, 11) is 0.832. The van der Waals surface area contributed by atoms with Crippen molar-refractivity contribution >= 4 is 65.4 Å². The third-order valence-electron chi connectivity index (χ3n) is 1.19. The topological polar surface area (TPSA) is 0 Å². The highest BCUT2D eigenvalue weighted by Crippen LogP contribution is 2.19. The number of alkyl halides is 4. The Morgan fingerprint density at radius 3 is 2.00 bits per heavy atom. The van der Waals surface area contributed by atoms with Crippen molar-refractivity contribution in [3.63, 3.8) is 0 Å². The number of rotatable bonds is 5. The highest BCUT2D eigenvalue weighted by atomic mass is 35.5. The summed E-state index contributed by atoms with van der Waals surface area (Å²) < 4.78 is -0.667. The zero-order valence-corrected chi connectivity index (χ0v) is 11.5. The van der Waals surface area contributed by atoms with E-state index in [1.165, 1.54) is 0 Å². The second-order valence-corrected chi connectivity index (χ2v) is 9.10. The SMILES string of the molecule is C=C([Si]C(Cl)Cl)C(C)[Si]C(Cl)Cl. The van der Waals surface area contributed by atoms with E-state index in [1.54, 1.807) is 0 Å². The number of allylic oxidation sites excluding steroid dienone is 1. The summed E-state index contributed by atoms with van der Waals surface area (Å²) in [6.07, 6.45) is 0. The van der Waals surface area contributed by atoms with Gasteiger partial charge in [0.15, 0.2) is 0 Å². The minimum atomic E-state index is -0.353. The van der Waals surface area contributed by atoms with Crippen LogP contribution in [0.25, 0.3) is 0 Å². The average molecular weight is 278 g/mol. The second-order valence-electron chi connectivity index (χ2n) is 2.16. The summed E-state index contributed by atoms with van der Waals surface area (Å²) >= 11 is 22.5. The molecule has 0 fully saturated rings. The van der Waals surface area contributed by atoms with E-state index in [1.807, 2.05) is 6.92 Å². The lowest BCUT2D eigenvalue weighted by Crippen LogP contribution is -2.16. The third-order valence-corrected chi connectivity index (χ3v) is 5.01. The molecule has 68 valence electrons. The summed E-state index contributed by atoms with van der Waals surface area (Å²) in [5.74, 6) is 0. The van der Waals surface area contributed by atoms with Gasteiger partial charge in [-0.05, 0) is 5.54 Å². The van der Waals surface area contributed by atoms with Crippen molar-refractivity contribution in [2.45, 2.75) is 21.4 Å². The molecule has 0 aliphatic rings. The van der Waals surface area contributed by atoms with Crippen molar-refractivity contribution in [2.75, 3.05) is 0 Å². The fraction of sp³-hybridized carbons (Fsp3) is 0.667. The first kappa shape index (κ1) is 13.3. The lowest BCUT2D eigenvalue weighted by atomic mass is 10.5. The molecule has 0 rings (SSSR count). The second kappa shape index (κ2) is 6.74. The molecule has 12 heavy (non-hydrogen) atoms. The van der Waals surface area contributed by atoms with E-state index < -0.39 is 0 Å². The van der Waals surface area contributed by atoms with Gasteiger partial charge < -0.3 is 0 Å². The quantitative estimate of drug-likeness (QED) is 0.535. The molecule has 0 saturated heterocycles. The van der Waals surface area contributed by atoms with E-state index in [4.69, 9.17) is 46.4 Å². The van der Waals surface area contributed by atoms with Crippen molar-refractivity contribution in [1.29, 1.82) is 0 Å². The molecular formula is C6H8Cl4Si2. The molecule has 0 saturated carbocycles. The van der Waals surface area contributed by atoms with E-state index in [0.29, 0.717) is 24.6 Å². The fourth-order valence-corrected chi connectivity index (χ4v) is 4.14. The largest absolute Gasteiger partial charge is 0.118 e. The van der Waals surface area contributed by atoms with Crippen LogP contribution in [0.1, 0.15) is 6.92 Å². The van der Waals surface area contributed by atoms with Gasteiger partial charge in [0, 0.05) is 0 Å². The fourth-order valence-electron chi connectivity index (χ4n) is 0.555. The highest BCUT2D eigenvalue weighted by Gasteiger charge is 2.15. The zero-order valence-electron chi connectivity index (χ0n) is 6.45. The van der Waals surface area contributed by atoms with Gasteiger partial charge in [-0.25, -0.2) is 0 Å². The Labute approximate surface area is 98.2 Å². The number of halogens is 4. The Balaban J connectivity index is 3.77. The van der Waals surface area contributed by atoms with Crippen molar-refractivity contribution in [2.24, 2.45) is 0 Å². The van der Waals surface area contributed by atoms with Crippen LogP contribution in [0.4, 0.5) is 0 Å². The van der Waals surface area contributed by atoms with Crippen molar-refractivity contribution < 1.29 is 0 Å². The number of hydrogen-bond acceptors (Lipinski definition) is 0. The molecule has 0 nitrogen and oxygen atoms in total. The predicted octanol–water partition coefficient (Wildman–Crippen LogP) is 3.24. The lowest BCUT2D eigenvalue weighted by Gasteiger charge is -2.13. The van der Waals surface area contributed by atoms with Crippen LogP contribution in [-0.2, 0) is 0 Å². The van der Waals surface area contributed by atoms with Crippen LogP contribution in [0, 0.1) is 0 Å². The Hall–Kier alpha value is 1.33. The Kier molecular flexibility index (Phi) is 7.49. The molecule has 1 atom stereocenters. The minimum absolute atomic E-state index is 0.309. The van der Waals surface area contributed by atoms with Gasteiger partial charge in [-0.3, -0.25) is 0 Å². The molecule has 4 radical (unpaired) electrons. The van der Waals surface area contributed by atoms with Gasteiger partial charge in [0.2, 0.25) is 0 Å². The molecular weight excluding hydrogens is 270 g/mol. The third kappa shape index (κ3) is 6.81. The van der Waals surface area contributed by atoms with Crippen LogP contribution >= 0.6 is 46.4 Å². The maximum absolute atomic E-state index is 5.63. The van der Waals surface area contributed by atoms with E-state index in [-0.39, 0.29) is 8.92 Å². The highest BCUT2D eigenvalue weighted by molar-refractivity contribution is 6.75. The Bertz CT molecular complexity index is 148. The number of hydrogen-bond donors (Lipinski definition) is 0. The van der Waals surface area contributed by atoms with Gasteiger partial charge in [0.05, 0.1) is 18.4 Å². The van der Waals surface area contributed by atoms with E-state index in [9.17, 15) is 0 Å². The molecule has 0 aliphatic carbocycles. The molecule has 0 N–H and O–H groups in total. The van der Waals surface area contributed by atoms with Crippen LogP contribution in [0.3, 0.4) is 0 Å². The maximum Gasteiger partial charge on any atom is 0.118 e. The smallest absolute Gasteiger partial charge is 0.110 e. The standard InChI is InChI=1S/C6H8Cl4Si2/c1-3(11-5(7)8)4(2)12-6(9)10/h4-6H,1H2,2H3. The van der Waals surface area contributed by atoms with Gasteiger partial charge in [-0.2, -0.15) is 0 Å². The van der Waals surface area contributed by atoms with Gasteiger partial charge in [-0.15, -0.1) is 53.0 Å². The predicted molar refractivity (Wildman–Crippen MR) is 61.1 cm³/mol. The van der Waals surface area contributed by atoms with Gasteiger partial charge in [0.25, 0.3) is 0 Å². The maximum atomic E-state index is 5.63. The first-order valence-corrected chi connectivity index (χ1v) is 7.19. The monoisotopic (exact) mass is 276 g/mol. The van der Waals surface area contributed by atoms with Crippen molar-refractivity contribution in [3.05, 3.63) is 11.8 Å². The summed E-state index contributed by atoms with van der Waals surface area (Å²) in [4.78, 5) is 0. The molecule has 0 aliphatic heterocycles. The van der Waals surface area contributed by atoms with Gasteiger partial charge in [0.1, 0.15) is 9.52 Å². The van der Waals surface area contributed by atoms with Crippen LogP contribution in [-0.4, -0.2) is 28.0 Å². The summed E-state index contributed by atoms with van der Waals surface area (Å²) in [5.41, 5.74) is 0.309. The molecule has 0 aromatic rings. The zero-order chi connectivity index (χ0) is 9.72. The molecule has 0 bridgehead atoms. The molecule has 1 unspecified atom stereocenters. The lowest BCUT2D eigenvalue weighted by molar-refractivity contribution is 1.15. The average Bonchev–Trinajstić information content (AvgIpc) is 1.84. The molecule has 6 heteroatoms. The first-order chi connectivity index (χ1) is 5.43. The van der Waals surface area contributed by atoms with Crippen molar-refractivity contribution in [3.8, 4) is 0 Å². The molecule has 0 heterocycles.